The fourth-order valence-electron chi connectivity index (χ4n) is 3.06. The molecule has 0 unspecified atom stereocenters. The van der Waals surface area contributed by atoms with Gasteiger partial charge >= 0.3 is 0 Å². The normalized spacial score (nSPS) is 10.7. The van der Waals surface area contributed by atoms with E-state index in [1.54, 1.807) is 36.4 Å². The Kier molecular flexibility index (Phi) is 7.98. The largest absolute Gasteiger partial charge is 0.496 e. The second kappa shape index (κ2) is 11.3. The van der Waals surface area contributed by atoms with E-state index in [1.807, 2.05) is 0 Å². The number of halogens is 1. The molecule has 0 saturated heterocycles. The van der Waals surface area contributed by atoms with E-state index in [9.17, 15) is 24.6 Å². The molecule has 1 amide bonds. The van der Waals surface area contributed by atoms with E-state index in [4.69, 9.17) is 14.2 Å². The maximum absolute atomic E-state index is 13.8. The van der Waals surface area contributed by atoms with E-state index in [1.165, 1.54) is 44.6 Å². The lowest BCUT2D eigenvalue weighted by Crippen LogP contribution is -2.14. The summed E-state index contributed by atoms with van der Waals surface area (Å²) in [7, 11) is 2.78. The van der Waals surface area contributed by atoms with E-state index in [0.717, 1.165) is 6.07 Å². The zero-order chi connectivity index (χ0) is 25.4. The number of nitrogens with one attached hydrogen (secondary N) is 1. The number of methoxy groups -OCH3 is 2. The third-order valence-corrected chi connectivity index (χ3v) is 4.85. The molecule has 10 heteroatoms. The molecule has 0 aliphatic rings. The van der Waals surface area contributed by atoms with Gasteiger partial charge in [0.15, 0.2) is 11.5 Å². The summed E-state index contributed by atoms with van der Waals surface area (Å²) in [4.78, 5) is 23.3. The van der Waals surface area contributed by atoms with Crippen molar-refractivity contribution in [1.29, 1.82) is 5.26 Å². The van der Waals surface area contributed by atoms with Crippen molar-refractivity contribution < 1.29 is 28.3 Å². The van der Waals surface area contributed by atoms with Crippen LogP contribution in [0.5, 0.6) is 17.2 Å². The highest BCUT2D eigenvalue weighted by Gasteiger charge is 2.19. The van der Waals surface area contributed by atoms with Crippen LogP contribution in [0.1, 0.15) is 11.1 Å². The number of nitro benzene ring substituents is 1. The zero-order valence-electron chi connectivity index (χ0n) is 18.8. The Bertz CT molecular complexity index is 1330. The Morgan fingerprint density at radius 1 is 1.11 bits per heavy atom. The van der Waals surface area contributed by atoms with Gasteiger partial charge in [0.2, 0.25) is 0 Å². The molecule has 0 aliphatic heterocycles. The molecule has 3 rings (SSSR count). The van der Waals surface area contributed by atoms with Crippen molar-refractivity contribution in [2.75, 3.05) is 19.5 Å². The molecule has 3 aromatic carbocycles. The van der Waals surface area contributed by atoms with Crippen LogP contribution in [0.25, 0.3) is 6.08 Å². The van der Waals surface area contributed by atoms with Gasteiger partial charge in [-0.3, -0.25) is 14.9 Å². The third-order valence-electron chi connectivity index (χ3n) is 4.85. The van der Waals surface area contributed by atoms with Gasteiger partial charge in [-0.15, -0.1) is 0 Å². The minimum Gasteiger partial charge on any atom is -0.496 e. The number of amides is 1. The minimum absolute atomic E-state index is 0.0231. The molecule has 0 heterocycles. The standard InChI is InChI=1S/C25H20FN3O6/c1-33-19-8-9-21(22(13-19)29(31)32)28-25(30)18(14-27)11-16-7-10-23(24(12-16)34-2)35-15-17-5-3-4-6-20(17)26/h3-13H,15H2,1-2H3,(H,28,30)/b18-11+. The Hall–Kier alpha value is -4.91. The van der Waals surface area contributed by atoms with Crippen LogP contribution < -0.4 is 19.5 Å². The molecule has 35 heavy (non-hydrogen) atoms. The van der Waals surface area contributed by atoms with Crippen LogP contribution in [0.15, 0.2) is 66.2 Å². The van der Waals surface area contributed by atoms with Gasteiger partial charge in [0.25, 0.3) is 11.6 Å². The number of benzene rings is 3. The number of hydrogen-bond donors (Lipinski definition) is 1. The molecule has 0 fully saturated rings. The van der Waals surface area contributed by atoms with Gasteiger partial charge in [0.05, 0.1) is 25.2 Å². The fourth-order valence-corrected chi connectivity index (χ4v) is 3.06. The molecular formula is C25H20FN3O6. The summed E-state index contributed by atoms with van der Waals surface area (Å²) in [5.74, 6) is -0.342. The number of hydrogen-bond acceptors (Lipinski definition) is 7. The maximum atomic E-state index is 13.8. The predicted octanol–water partition coefficient (Wildman–Crippen LogP) is 4.88. The van der Waals surface area contributed by atoms with E-state index < -0.39 is 16.6 Å². The summed E-state index contributed by atoms with van der Waals surface area (Å²) in [6.45, 7) is -0.0231. The second-order valence-electron chi connectivity index (χ2n) is 7.05. The Labute approximate surface area is 200 Å². The first-order chi connectivity index (χ1) is 16.9. The molecule has 9 nitrogen and oxygen atoms in total. The SMILES string of the molecule is COc1ccc(NC(=O)/C(C#N)=C/c2ccc(OCc3ccccc3F)c(OC)c2)c([N+](=O)[O-])c1. The lowest BCUT2D eigenvalue weighted by molar-refractivity contribution is -0.384. The van der Waals surface area contributed by atoms with Gasteiger partial charge < -0.3 is 19.5 Å². The first kappa shape index (κ1) is 24.7. The van der Waals surface area contributed by atoms with Crippen molar-refractivity contribution in [2.24, 2.45) is 0 Å². The Morgan fingerprint density at radius 3 is 2.54 bits per heavy atom. The molecular weight excluding hydrogens is 457 g/mol. The van der Waals surface area contributed by atoms with Crippen LogP contribution in [-0.4, -0.2) is 25.1 Å². The van der Waals surface area contributed by atoms with Gasteiger partial charge in [0, 0.05) is 5.56 Å². The maximum Gasteiger partial charge on any atom is 0.296 e. The number of carbonyl (C=O) groups is 1. The molecule has 0 radical (unpaired) electrons. The van der Waals surface area contributed by atoms with Crippen LogP contribution >= 0.6 is 0 Å². The lowest BCUT2D eigenvalue weighted by atomic mass is 10.1. The summed E-state index contributed by atoms with van der Waals surface area (Å²) >= 11 is 0. The monoisotopic (exact) mass is 477 g/mol. The summed E-state index contributed by atoms with van der Waals surface area (Å²) in [5.41, 5.74) is 0.0484. The molecule has 178 valence electrons. The van der Waals surface area contributed by atoms with E-state index in [2.05, 4.69) is 5.32 Å². The number of nitriles is 1. The highest BCUT2D eigenvalue weighted by molar-refractivity contribution is 6.10. The van der Waals surface area contributed by atoms with Crippen LogP contribution in [-0.2, 0) is 11.4 Å². The van der Waals surface area contributed by atoms with Gasteiger partial charge in [0.1, 0.15) is 35.5 Å². The molecule has 1 N–H and O–H groups in total. The zero-order valence-corrected chi connectivity index (χ0v) is 18.8. The Balaban J connectivity index is 1.80. The van der Waals surface area contributed by atoms with Crippen LogP contribution in [0, 0.1) is 27.3 Å². The number of nitrogens with zero attached hydrogens (tertiary/aromatic N) is 2. The molecule has 0 spiro atoms. The van der Waals surface area contributed by atoms with Gasteiger partial charge in [-0.1, -0.05) is 24.3 Å². The van der Waals surface area contributed by atoms with Crippen molar-refractivity contribution in [3.05, 3.63) is 93.3 Å². The van der Waals surface area contributed by atoms with E-state index in [-0.39, 0.29) is 29.3 Å². The van der Waals surface area contributed by atoms with Crippen molar-refractivity contribution in [2.45, 2.75) is 6.61 Å². The fraction of sp³-hybridized carbons (Fsp3) is 0.120. The Morgan fingerprint density at radius 2 is 1.89 bits per heavy atom. The van der Waals surface area contributed by atoms with Crippen molar-refractivity contribution >= 4 is 23.4 Å². The number of anilines is 1. The number of carbonyl (C=O) groups excluding carboxylic acids is 1. The molecule has 0 atom stereocenters. The summed E-state index contributed by atoms with van der Waals surface area (Å²) in [6, 6.07) is 16.6. The predicted molar refractivity (Wildman–Crippen MR) is 126 cm³/mol. The average molecular weight is 477 g/mol. The highest BCUT2D eigenvalue weighted by Crippen LogP contribution is 2.31. The smallest absolute Gasteiger partial charge is 0.296 e. The molecule has 0 aromatic heterocycles. The van der Waals surface area contributed by atoms with Crippen LogP contribution in [0.4, 0.5) is 15.8 Å². The first-order valence-electron chi connectivity index (χ1n) is 10.2. The third kappa shape index (κ3) is 6.11. The summed E-state index contributed by atoms with van der Waals surface area (Å²) in [6.07, 6.45) is 1.30. The minimum atomic E-state index is -0.834. The van der Waals surface area contributed by atoms with Crippen molar-refractivity contribution in [3.8, 4) is 23.3 Å². The molecule has 0 aliphatic carbocycles. The van der Waals surface area contributed by atoms with Crippen LogP contribution in [0.3, 0.4) is 0 Å². The van der Waals surface area contributed by atoms with E-state index in [0.29, 0.717) is 22.6 Å². The molecule has 0 bridgehead atoms. The highest BCUT2D eigenvalue weighted by atomic mass is 19.1. The molecule has 0 saturated carbocycles. The number of nitro groups is 1. The van der Waals surface area contributed by atoms with Crippen molar-refractivity contribution in [1.82, 2.24) is 0 Å². The number of ether oxygens (including phenoxy) is 3. The van der Waals surface area contributed by atoms with Gasteiger partial charge in [-0.05, 0) is 42.0 Å². The van der Waals surface area contributed by atoms with Crippen LogP contribution in [0.2, 0.25) is 0 Å². The molecule has 3 aromatic rings. The average Bonchev–Trinajstić information content (AvgIpc) is 2.87. The van der Waals surface area contributed by atoms with E-state index >= 15 is 0 Å². The summed E-state index contributed by atoms with van der Waals surface area (Å²) < 4.78 is 29.8. The van der Waals surface area contributed by atoms with Gasteiger partial charge in [-0.25, -0.2) is 4.39 Å². The topological polar surface area (TPSA) is 124 Å². The first-order valence-corrected chi connectivity index (χ1v) is 10.2. The van der Waals surface area contributed by atoms with Crippen molar-refractivity contribution in [3.63, 3.8) is 0 Å². The quantitative estimate of drug-likeness (QED) is 0.202. The van der Waals surface area contributed by atoms with Gasteiger partial charge in [-0.2, -0.15) is 5.26 Å². The second-order valence-corrected chi connectivity index (χ2v) is 7.05. The number of rotatable bonds is 9. The summed E-state index contributed by atoms with van der Waals surface area (Å²) in [5, 5.41) is 23.2. The lowest BCUT2D eigenvalue weighted by Gasteiger charge is -2.12.